The van der Waals surface area contributed by atoms with E-state index in [4.69, 9.17) is 9.97 Å². The average molecular weight is 486 g/mol. The maximum Gasteiger partial charge on any atom is 0.227 e. The molecule has 0 saturated carbocycles. The molecule has 0 spiro atoms. The fraction of sp³-hybridized carbons (Fsp3) is 0.545. The van der Waals surface area contributed by atoms with Gasteiger partial charge in [0.1, 0.15) is 11.3 Å². The molecule has 11 nitrogen and oxygen atoms in total. The third kappa shape index (κ3) is 4.84. The minimum atomic E-state index is -3.24. The van der Waals surface area contributed by atoms with E-state index in [9.17, 15) is 8.42 Å². The number of likely N-dealkylation sites (N-methyl/N-ethyl adjacent to an activating group) is 1. The lowest BCUT2D eigenvalue weighted by Crippen LogP contribution is -2.47. The van der Waals surface area contributed by atoms with Gasteiger partial charge >= 0.3 is 0 Å². The van der Waals surface area contributed by atoms with E-state index in [0.717, 1.165) is 62.3 Å². The normalized spacial score (nSPS) is 20.6. The summed E-state index contributed by atoms with van der Waals surface area (Å²) < 4.78 is 25.8. The number of H-pyrrole nitrogens is 1. The maximum atomic E-state index is 12.1. The zero-order chi connectivity index (χ0) is 23.7. The lowest BCUT2D eigenvalue weighted by Gasteiger charge is -2.35. The van der Waals surface area contributed by atoms with E-state index in [0.29, 0.717) is 30.5 Å². The molecule has 5 heterocycles. The van der Waals surface area contributed by atoms with Gasteiger partial charge in [0.05, 0.1) is 23.7 Å². The van der Waals surface area contributed by atoms with Crippen LogP contribution in [0.2, 0.25) is 0 Å². The third-order valence-electron chi connectivity index (χ3n) is 6.61. The van der Waals surface area contributed by atoms with Crippen molar-refractivity contribution in [2.24, 2.45) is 0 Å². The second-order valence-corrected chi connectivity index (χ2v) is 10.9. The average Bonchev–Trinajstić information content (AvgIpc) is 3.32. The van der Waals surface area contributed by atoms with Crippen LogP contribution in [0.3, 0.4) is 0 Å². The van der Waals surface area contributed by atoms with Crippen LogP contribution in [0.4, 0.5) is 11.8 Å². The Morgan fingerprint density at radius 2 is 1.94 bits per heavy atom. The van der Waals surface area contributed by atoms with Crippen LogP contribution < -0.4 is 10.2 Å². The van der Waals surface area contributed by atoms with Crippen LogP contribution >= 0.6 is 0 Å². The Labute approximate surface area is 199 Å². The summed E-state index contributed by atoms with van der Waals surface area (Å²) in [6.45, 7) is 7.87. The van der Waals surface area contributed by atoms with Gasteiger partial charge in [0, 0.05) is 57.7 Å². The Hall–Kier alpha value is -2.83. The number of nitrogens with one attached hydrogen (secondary N) is 2. The number of nitrogens with zero attached hydrogens (tertiary/aromatic N) is 7. The van der Waals surface area contributed by atoms with E-state index in [1.165, 1.54) is 10.6 Å². The molecule has 12 heteroatoms. The van der Waals surface area contributed by atoms with E-state index in [-0.39, 0.29) is 6.04 Å². The summed E-state index contributed by atoms with van der Waals surface area (Å²) in [5.41, 5.74) is 2.92. The molecule has 3 aromatic rings. The Bertz CT molecular complexity index is 1250. The Morgan fingerprint density at radius 3 is 2.71 bits per heavy atom. The fourth-order valence-electron chi connectivity index (χ4n) is 4.60. The Morgan fingerprint density at radius 1 is 1.12 bits per heavy atom. The van der Waals surface area contributed by atoms with Crippen molar-refractivity contribution in [2.75, 3.05) is 62.3 Å². The molecule has 2 fully saturated rings. The predicted octanol–water partition coefficient (Wildman–Crippen LogP) is 1.39. The molecule has 0 aliphatic carbocycles. The first-order valence-electron chi connectivity index (χ1n) is 11.8. The number of fused-ring (bicyclic) bond motifs is 1. The number of aromatic amines is 1. The molecule has 2 aliphatic heterocycles. The van der Waals surface area contributed by atoms with Gasteiger partial charge in [0.2, 0.25) is 16.0 Å². The maximum absolute atomic E-state index is 12.1. The van der Waals surface area contributed by atoms with Crippen LogP contribution in [0, 0.1) is 0 Å². The van der Waals surface area contributed by atoms with Crippen molar-refractivity contribution >= 4 is 33.0 Å². The predicted molar refractivity (Wildman–Crippen MR) is 132 cm³/mol. The number of piperazine rings is 1. The lowest BCUT2D eigenvalue weighted by molar-refractivity contribution is 0.270. The minimum Gasteiger partial charge on any atom is -0.365 e. The van der Waals surface area contributed by atoms with Crippen molar-refractivity contribution in [3.8, 4) is 11.3 Å². The molecule has 2 aliphatic rings. The van der Waals surface area contributed by atoms with Gasteiger partial charge in [-0.05, 0) is 25.5 Å². The summed E-state index contributed by atoms with van der Waals surface area (Å²) >= 11 is 0. The number of sulfonamides is 1. The molecule has 34 heavy (non-hydrogen) atoms. The van der Waals surface area contributed by atoms with Crippen LogP contribution in [0.25, 0.3) is 22.4 Å². The first-order valence-corrected chi connectivity index (χ1v) is 13.6. The summed E-state index contributed by atoms with van der Waals surface area (Å²) in [4.78, 5) is 26.5. The fourth-order valence-corrected chi connectivity index (χ4v) is 5.51. The number of aromatic nitrogens is 5. The summed E-state index contributed by atoms with van der Waals surface area (Å²) in [6.07, 6.45) is 8.25. The third-order valence-corrected chi connectivity index (χ3v) is 7.88. The highest BCUT2D eigenvalue weighted by Gasteiger charge is 2.27. The van der Waals surface area contributed by atoms with Crippen LogP contribution in [0.5, 0.6) is 0 Å². The summed E-state index contributed by atoms with van der Waals surface area (Å²) in [7, 11) is -3.24. The zero-order valence-electron chi connectivity index (χ0n) is 19.6. The summed E-state index contributed by atoms with van der Waals surface area (Å²) in [5.74, 6) is 1.33. The Balaban J connectivity index is 1.47. The van der Waals surface area contributed by atoms with Crippen molar-refractivity contribution in [2.45, 2.75) is 25.8 Å². The van der Waals surface area contributed by atoms with Gasteiger partial charge in [0.15, 0.2) is 5.65 Å². The molecule has 182 valence electrons. The molecule has 0 radical (unpaired) electrons. The van der Waals surface area contributed by atoms with Gasteiger partial charge in [-0.1, -0.05) is 6.92 Å². The van der Waals surface area contributed by atoms with E-state index in [1.807, 2.05) is 12.3 Å². The lowest BCUT2D eigenvalue weighted by atomic mass is 10.1. The highest BCUT2D eigenvalue weighted by molar-refractivity contribution is 7.88. The second-order valence-electron chi connectivity index (χ2n) is 8.92. The van der Waals surface area contributed by atoms with Crippen molar-refractivity contribution in [1.82, 2.24) is 34.1 Å². The monoisotopic (exact) mass is 485 g/mol. The van der Waals surface area contributed by atoms with E-state index < -0.39 is 10.0 Å². The standard InChI is InChI=1S/C22H31N9O2S/c1-3-29-9-11-30(12-10-29)22-25-13-17(19-14-24-21-18(27-19)6-7-23-21)20(28-22)26-16-5-4-8-31(15-16)34(2,32)33/h6-7,13-14,16H,3-5,8-12,15H2,1-2H3,(H,23,24)(H,25,26,28). The number of hydrogen-bond acceptors (Lipinski definition) is 9. The minimum absolute atomic E-state index is 0.0501. The van der Waals surface area contributed by atoms with E-state index in [1.54, 1.807) is 12.4 Å². The number of anilines is 2. The van der Waals surface area contributed by atoms with Gasteiger partial charge in [-0.15, -0.1) is 0 Å². The molecule has 5 rings (SSSR count). The Kier molecular flexibility index (Phi) is 6.36. The van der Waals surface area contributed by atoms with Crippen molar-refractivity contribution in [3.63, 3.8) is 0 Å². The SMILES string of the molecule is CCN1CCN(c2ncc(-c3cnc4[nH]ccc4n3)c(NC3CCCN(S(C)(=O)=O)C3)n2)CC1. The molecule has 2 N–H and O–H groups in total. The second kappa shape index (κ2) is 9.43. The highest BCUT2D eigenvalue weighted by atomic mass is 32.2. The van der Waals surface area contributed by atoms with Crippen LogP contribution in [0.1, 0.15) is 19.8 Å². The van der Waals surface area contributed by atoms with Gasteiger partial charge < -0.3 is 20.1 Å². The number of piperidine rings is 1. The van der Waals surface area contributed by atoms with Gasteiger partial charge in [-0.25, -0.2) is 27.7 Å². The molecular weight excluding hydrogens is 454 g/mol. The first kappa shape index (κ1) is 22.9. The topological polar surface area (TPSA) is 123 Å². The highest BCUT2D eigenvalue weighted by Crippen LogP contribution is 2.29. The van der Waals surface area contributed by atoms with Gasteiger partial charge in [0.25, 0.3) is 0 Å². The van der Waals surface area contributed by atoms with Gasteiger partial charge in [-0.3, -0.25) is 0 Å². The van der Waals surface area contributed by atoms with Crippen LogP contribution in [0.15, 0.2) is 24.7 Å². The van der Waals surface area contributed by atoms with E-state index >= 15 is 0 Å². The molecular formula is C22H31N9O2S. The first-order chi connectivity index (χ1) is 16.4. The van der Waals surface area contributed by atoms with Gasteiger partial charge in [-0.2, -0.15) is 4.98 Å². The number of hydrogen-bond donors (Lipinski definition) is 2. The van der Waals surface area contributed by atoms with Crippen LogP contribution in [-0.2, 0) is 10.0 Å². The molecule has 0 amide bonds. The van der Waals surface area contributed by atoms with Crippen molar-refractivity contribution < 1.29 is 8.42 Å². The summed E-state index contributed by atoms with van der Waals surface area (Å²) in [6, 6.07) is 1.83. The largest absolute Gasteiger partial charge is 0.365 e. The van der Waals surface area contributed by atoms with Crippen LogP contribution in [-0.4, -0.2) is 101 Å². The van der Waals surface area contributed by atoms with Crippen molar-refractivity contribution in [1.29, 1.82) is 0 Å². The smallest absolute Gasteiger partial charge is 0.227 e. The summed E-state index contributed by atoms with van der Waals surface area (Å²) in [5, 5.41) is 3.52. The molecule has 1 unspecified atom stereocenters. The quantitative estimate of drug-likeness (QED) is 0.533. The molecule has 1 atom stereocenters. The molecule has 0 bridgehead atoms. The van der Waals surface area contributed by atoms with Crippen molar-refractivity contribution in [3.05, 3.63) is 24.7 Å². The molecule has 2 saturated heterocycles. The zero-order valence-corrected chi connectivity index (χ0v) is 20.4. The van der Waals surface area contributed by atoms with E-state index in [2.05, 4.69) is 37.0 Å². The number of rotatable bonds is 6. The molecule has 0 aromatic carbocycles. The molecule has 3 aromatic heterocycles.